The summed E-state index contributed by atoms with van der Waals surface area (Å²) < 4.78 is 0. The van der Waals surface area contributed by atoms with Gasteiger partial charge in [-0.2, -0.15) is 0 Å². The largest absolute Gasteiger partial charge is 0.480 e. The maximum Gasteiger partial charge on any atom is 0.326 e. The van der Waals surface area contributed by atoms with Crippen LogP contribution in [0.1, 0.15) is 29.2 Å². The van der Waals surface area contributed by atoms with Crippen molar-refractivity contribution in [3.05, 3.63) is 10.6 Å². The van der Waals surface area contributed by atoms with Crippen molar-refractivity contribution in [2.24, 2.45) is 5.92 Å². The molecule has 1 amide bonds. The van der Waals surface area contributed by atoms with Crippen molar-refractivity contribution in [3.8, 4) is 0 Å². The highest BCUT2D eigenvalue weighted by Crippen LogP contribution is 2.19. The molecule has 0 bridgehead atoms. The van der Waals surface area contributed by atoms with Crippen molar-refractivity contribution in [2.75, 3.05) is 5.73 Å². The molecule has 0 aliphatic heterocycles. The van der Waals surface area contributed by atoms with Crippen LogP contribution >= 0.6 is 11.3 Å². The zero-order chi connectivity index (χ0) is 13.2. The molecule has 0 aliphatic rings. The molecule has 0 fully saturated rings. The van der Waals surface area contributed by atoms with E-state index in [0.717, 1.165) is 11.3 Å². The number of nitrogens with zero attached hydrogens (tertiary/aromatic N) is 1. The molecule has 7 heteroatoms. The van der Waals surface area contributed by atoms with E-state index in [1.54, 1.807) is 20.8 Å². The fourth-order valence-electron chi connectivity index (χ4n) is 1.35. The minimum Gasteiger partial charge on any atom is -0.480 e. The van der Waals surface area contributed by atoms with Gasteiger partial charge in [-0.25, -0.2) is 9.78 Å². The molecule has 1 aromatic rings. The Morgan fingerprint density at radius 1 is 1.47 bits per heavy atom. The van der Waals surface area contributed by atoms with E-state index in [1.807, 2.05) is 0 Å². The molecule has 94 valence electrons. The van der Waals surface area contributed by atoms with Gasteiger partial charge in [-0.3, -0.25) is 4.79 Å². The zero-order valence-electron chi connectivity index (χ0n) is 9.85. The number of carbonyl (C=O) groups excluding carboxylic acids is 1. The number of rotatable bonds is 4. The van der Waals surface area contributed by atoms with Crippen LogP contribution in [0.3, 0.4) is 0 Å². The number of hydrogen-bond donors (Lipinski definition) is 3. The number of hydrogen-bond acceptors (Lipinski definition) is 5. The van der Waals surface area contributed by atoms with Gasteiger partial charge in [0.2, 0.25) is 0 Å². The molecule has 1 atom stereocenters. The van der Waals surface area contributed by atoms with Crippen molar-refractivity contribution in [1.29, 1.82) is 0 Å². The van der Waals surface area contributed by atoms with Gasteiger partial charge in [0, 0.05) is 0 Å². The highest BCUT2D eigenvalue weighted by atomic mass is 32.1. The highest BCUT2D eigenvalue weighted by Gasteiger charge is 2.25. The van der Waals surface area contributed by atoms with Crippen LogP contribution in [0.5, 0.6) is 0 Å². The van der Waals surface area contributed by atoms with Gasteiger partial charge in [-0.15, -0.1) is 0 Å². The monoisotopic (exact) mass is 257 g/mol. The first kappa shape index (κ1) is 13.4. The number of carboxylic acid groups (broad SMARTS) is 1. The Balaban J connectivity index is 2.85. The molecule has 4 N–H and O–H groups in total. The lowest BCUT2D eigenvalue weighted by atomic mass is 10.0. The first-order chi connectivity index (χ1) is 7.82. The second-order valence-corrected chi connectivity index (χ2v) is 5.03. The smallest absolute Gasteiger partial charge is 0.326 e. The van der Waals surface area contributed by atoms with Crippen molar-refractivity contribution < 1.29 is 14.7 Å². The van der Waals surface area contributed by atoms with Crippen LogP contribution in [-0.4, -0.2) is 28.0 Å². The summed E-state index contributed by atoms with van der Waals surface area (Å²) >= 11 is 1.05. The fraction of sp³-hybridized carbons (Fsp3) is 0.500. The van der Waals surface area contributed by atoms with Crippen LogP contribution < -0.4 is 11.1 Å². The Kier molecular flexibility index (Phi) is 4.06. The van der Waals surface area contributed by atoms with Crippen molar-refractivity contribution in [1.82, 2.24) is 10.3 Å². The third-order valence-corrected chi connectivity index (χ3v) is 3.22. The van der Waals surface area contributed by atoms with Crippen LogP contribution in [0.15, 0.2) is 0 Å². The average Bonchev–Trinajstić information content (AvgIpc) is 2.53. The molecule has 0 spiro atoms. The average molecular weight is 257 g/mol. The Morgan fingerprint density at radius 3 is 2.41 bits per heavy atom. The summed E-state index contributed by atoms with van der Waals surface area (Å²) in [6.07, 6.45) is 0. The molecule has 0 saturated heterocycles. The van der Waals surface area contributed by atoms with Crippen LogP contribution in [0.2, 0.25) is 0 Å². The van der Waals surface area contributed by atoms with Gasteiger partial charge in [0.1, 0.15) is 10.9 Å². The van der Waals surface area contributed by atoms with E-state index in [4.69, 9.17) is 10.8 Å². The Hall–Kier alpha value is -1.63. The van der Waals surface area contributed by atoms with Gasteiger partial charge in [0.15, 0.2) is 5.13 Å². The van der Waals surface area contributed by atoms with E-state index >= 15 is 0 Å². The summed E-state index contributed by atoms with van der Waals surface area (Å²) in [6, 6.07) is -0.912. The van der Waals surface area contributed by atoms with Gasteiger partial charge < -0.3 is 16.2 Å². The predicted molar refractivity (Wildman–Crippen MR) is 65.0 cm³/mol. The Morgan fingerprint density at radius 2 is 2.06 bits per heavy atom. The van der Waals surface area contributed by atoms with Gasteiger partial charge >= 0.3 is 5.97 Å². The predicted octanol–water partition coefficient (Wildman–Crippen LogP) is 0.873. The number of carbonyl (C=O) groups is 2. The molecule has 0 aliphatic carbocycles. The van der Waals surface area contributed by atoms with E-state index in [1.165, 1.54) is 0 Å². The number of nitrogens with one attached hydrogen (secondary N) is 1. The highest BCUT2D eigenvalue weighted by molar-refractivity contribution is 7.17. The zero-order valence-corrected chi connectivity index (χ0v) is 10.7. The molecular formula is C10H15N3O3S. The molecule has 0 radical (unpaired) electrons. The number of nitrogens with two attached hydrogens (primary N) is 1. The van der Waals surface area contributed by atoms with Gasteiger partial charge in [0.05, 0.1) is 5.69 Å². The molecule has 0 unspecified atom stereocenters. The first-order valence-corrected chi connectivity index (χ1v) is 5.91. The lowest BCUT2D eigenvalue weighted by Crippen LogP contribution is -2.44. The van der Waals surface area contributed by atoms with Gasteiger partial charge in [-0.05, 0) is 12.8 Å². The third-order valence-electron chi connectivity index (χ3n) is 2.24. The standard InChI is InChI=1S/C10H15N3O3S/c1-4(2)6(9(15)16)13-8(14)7-5(3)12-10(11)17-7/h4,6H,1-3H3,(H2,11,12)(H,13,14)(H,15,16)/t6-/m0/s1. The Labute approximate surface area is 103 Å². The summed E-state index contributed by atoms with van der Waals surface area (Å²) in [5, 5.41) is 11.7. The normalized spacial score (nSPS) is 12.5. The molecule has 17 heavy (non-hydrogen) atoms. The van der Waals surface area contributed by atoms with Crippen molar-refractivity contribution in [2.45, 2.75) is 26.8 Å². The summed E-state index contributed by atoms with van der Waals surface area (Å²) in [6.45, 7) is 5.12. The molecule has 6 nitrogen and oxygen atoms in total. The van der Waals surface area contributed by atoms with E-state index in [0.29, 0.717) is 15.7 Å². The molecule has 1 heterocycles. The first-order valence-electron chi connectivity index (χ1n) is 5.09. The summed E-state index contributed by atoms with van der Waals surface area (Å²) in [5.74, 6) is -1.69. The number of nitrogen functional groups attached to an aromatic ring is 1. The lowest BCUT2D eigenvalue weighted by Gasteiger charge is -2.17. The van der Waals surface area contributed by atoms with Crippen molar-refractivity contribution >= 4 is 28.3 Å². The third kappa shape index (κ3) is 3.16. The summed E-state index contributed by atoms with van der Waals surface area (Å²) in [4.78, 5) is 27.1. The minimum absolute atomic E-state index is 0.193. The summed E-state index contributed by atoms with van der Waals surface area (Å²) in [5.41, 5.74) is 5.99. The van der Waals surface area contributed by atoms with Crippen LogP contribution in [0.4, 0.5) is 5.13 Å². The van der Waals surface area contributed by atoms with E-state index in [9.17, 15) is 9.59 Å². The van der Waals surface area contributed by atoms with Crippen molar-refractivity contribution in [3.63, 3.8) is 0 Å². The molecule has 1 aromatic heterocycles. The maximum absolute atomic E-state index is 11.8. The fourth-order valence-corrected chi connectivity index (χ4v) is 2.08. The molecule has 0 aromatic carbocycles. The van der Waals surface area contributed by atoms with E-state index in [2.05, 4.69) is 10.3 Å². The van der Waals surface area contributed by atoms with Crippen LogP contribution in [0.25, 0.3) is 0 Å². The number of thiazole rings is 1. The number of aryl methyl sites for hydroxylation is 1. The van der Waals surface area contributed by atoms with Gasteiger partial charge in [-0.1, -0.05) is 25.2 Å². The quantitative estimate of drug-likeness (QED) is 0.742. The number of aliphatic carboxylic acids is 1. The number of aromatic nitrogens is 1. The Bertz CT molecular complexity index is 442. The maximum atomic E-state index is 11.8. The molecule has 0 saturated carbocycles. The summed E-state index contributed by atoms with van der Waals surface area (Å²) in [7, 11) is 0. The van der Waals surface area contributed by atoms with Gasteiger partial charge in [0.25, 0.3) is 5.91 Å². The number of carboxylic acids is 1. The second kappa shape index (κ2) is 5.13. The number of anilines is 1. The second-order valence-electron chi connectivity index (χ2n) is 4.00. The number of amides is 1. The molecule has 1 rings (SSSR count). The van der Waals surface area contributed by atoms with Crippen LogP contribution in [0, 0.1) is 12.8 Å². The SMILES string of the molecule is Cc1nc(N)sc1C(=O)N[C@H](C(=O)O)C(C)C. The minimum atomic E-state index is -1.05. The molecular weight excluding hydrogens is 242 g/mol. The van der Waals surface area contributed by atoms with E-state index in [-0.39, 0.29) is 5.92 Å². The lowest BCUT2D eigenvalue weighted by molar-refractivity contribution is -0.140. The van der Waals surface area contributed by atoms with E-state index < -0.39 is 17.9 Å². The topological polar surface area (TPSA) is 105 Å². The van der Waals surface area contributed by atoms with Crippen LogP contribution in [-0.2, 0) is 4.79 Å².